The second kappa shape index (κ2) is 5.90. The van der Waals surface area contributed by atoms with E-state index in [-0.39, 0.29) is 11.4 Å². The van der Waals surface area contributed by atoms with Crippen LogP contribution in [0.3, 0.4) is 0 Å². The molecule has 1 aliphatic carbocycles. The van der Waals surface area contributed by atoms with Crippen molar-refractivity contribution in [3.63, 3.8) is 0 Å². The van der Waals surface area contributed by atoms with Crippen LogP contribution in [0.5, 0.6) is 6.01 Å². The summed E-state index contributed by atoms with van der Waals surface area (Å²) in [5.41, 5.74) is 0. The Morgan fingerprint density at radius 1 is 0.947 bits per heavy atom. The minimum atomic E-state index is 0.226. The summed E-state index contributed by atoms with van der Waals surface area (Å²) in [4.78, 5) is 14.9. The number of nitrogens with zero attached hydrogens (tertiary/aromatic N) is 4. The summed E-state index contributed by atoms with van der Waals surface area (Å²) in [5.74, 6) is 0.660. The Bertz CT molecular complexity index is 431. The van der Waals surface area contributed by atoms with E-state index < -0.39 is 0 Å². The van der Waals surface area contributed by atoms with Crippen LogP contribution in [0.4, 0.5) is 5.95 Å². The summed E-state index contributed by atoms with van der Waals surface area (Å²) in [6.45, 7) is 1.98. The number of hydrogen-bond donors (Lipinski definition) is 0. The number of ether oxygens (including phenoxy) is 1. The van der Waals surface area contributed by atoms with Crippen molar-refractivity contribution >= 4 is 17.5 Å². The second-order valence-corrected chi connectivity index (χ2v) is 5.60. The Morgan fingerprint density at radius 3 is 2.42 bits per heavy atom. The lowest BCUT2D eigenvalue weighted by Crippen LogP contribution is -2.31. The molecule has 0 unspecified atom stereocenters. The van der Waals surface area contributed by atoms with Crippen molar-refractivity contribution in [3.8, 4) is 6.01 Å². The van der Waals surface area contributed by atoms with E-state index in [1.807, 2.05) is 0 Å². The molecule has 19 heavy (non-hydrogen) atoms. The first-order chi connectivity index (χ1) is 9.31. The van der Waals surface area contributed by atoms with Crippen LogP contribution in [0, 0.1) is 0 Å². The third kappa shape index (κ3) is 3.26. The smallest absolute Gasteiger partial charge is 0.322 e. The van der Waals surface area contributed by atoms with Gasteiger partial charge in [-0.3, -0.25) is 0 Å². The van der Waals surface area contributed by atoms with Gasteiger partial charge in [0.05, 0.1) is 0 Å². The topological polar surface area (TPSA) is 51.1 Å². The number of hydrogen-bond acceptors (Lipinski definition) is 5. The largest absolute Gasteiger partial charge is 0.460 e. The van der Waals surface area contributed by atoms with Gasteiger partial charge in [-0.1, -0.05) is 0 Å². The Morgan fingerprint density at radius 2 is 1.68 bits per heavy atom. The molecule has 2 heterocycles. The summed E-state index contributed by atoms with van der Waals surface area (Å²) in [6, 6.07) is 0.382. The zero-order chi connectivity index (χ0) is 13.1. The molecule has 0 amide bonds. The monoisotopic (exact) mass is 282 g/mol. The van der Waals surface area contributed by atoms with E-state index in [0.717, 1.165) is 25.9 Å². The Hall–Kier alpha value is -1.10. The molecule has 0 bridgehead atoms. The predicted molar refractivity (Wildman–Crippen MR) is 73.8 cm³/mol. The van der Waals surface area contributed by atoms with E-state index in [2.05, 4.69) is 19.9 Å². The molecule has 1 aliphatic heterocycles. The molecule has 0 radical (unpaired) electrons. The maximum atomic E-state index is 5.99. The average Bonchev–Trinajstić information content (AvgIpc) is 2.92. The van der Waals surface area contributed by atoms with Crippen molar-refractivity contribution in [2.75, 3.05) is 18.0 Å². The van der Waals surface area contributed by atoms with E-state index in [0.29, 0.717) is 12.0 Å². The molecule has 0 spiro atoms. The molecule has 104 valence electrons. The van der Waals surface area contributed by atoms with Gasteiger partial charge in [-0.15, -0.1) is 0 Å². The highest BCUT2D eigenvalue weighted by Gasteiger charge is 2.20. The molecule has 1 aromatic heterocycles. The summed E-state index contributed by atoms with van der Waals surface area (Å²) in [5, 5.41) is 0.226. The van der Waals surface area contributed by atoms with Gasteiger partial charge >= 0.3 is 6.01 Å². The van der Waals surface area contributed by atoms with Crippen LogP contribution < -0.4 is 9.64 Å². The van der Waals surface area contributed by atoms with Crippen LogP contribution in [0.1, 0.15) is 44.9 Å². The number of rotatable bonds is 3. The maximum absolute atomic E-state index is 5.99. The van der Waals surface area contributed by atoms with Gasteiger partial charge in [0.15, 0.2) is 0 Å². The number of aromatic nitrogens is 3. The summed E-state index contributed by atoms with van der Waals surface area (Å²) >= 11 is 5.99. The minimum Gasteiger partial charge on any atom is -0.460 e. The zero-order valence-corrected chi connectivity index (χ0v) is 11.8. The third-order valence-electron chi connectivity index (χ3n) is 3.79. The minimum absolute atomic E-state index is 0.226. The van der Waals surface area contributed by atoms with Crippen molar-refractivity contribution in [2.24, 2.45) is 0 Å². The molecule has 0 aromatic carbocycles. The van der Waals surface area contributed by atoms with Gasteiger partial charge < -0.3 is 9.64 Å². The number of halogens is 1. The third-order valence-corrected chi connectivity index (χ3v) is 3.96. The average molecular weight is 283 g/mol. The van der Waals surface area contributed by atoms with E-state index >= 15 is 0 Å². The molecule has 1 saturated heterocycles. The first-order valence-corrected chi connectivity index (χ1v) is 7.52. The first-order valence-electron chi connectivity index (χ1n) is 7.14. The van der Waals surface area contributed by atoms with Crippen LogP contribution in [0.25, 0.3) is 0 Å². The molecule has 2 aliphatic rings. The highest BCUT2D eigenvalue weighted by Crippen LogP contribution is 2.24. The normalized spacial score (nSPS) is 20.8. The van der Waals surface area contributed by atoms with E-state index in [1.54, 1.807) is 0 Å². The van der Waals surface area contributed by atoms with Crippen LogP contribution >= 0.6 is 11.6 Å². The lowest BCUT2D eigenvalue weighted by Gasteiger charge is -2.26. The molecule has 5 nitrogen and oxygen atoms in total. The molecule has 3 rings (SSSR count). The predicted octanol–water partition coefficient (Wildman–Crippen LogP) is 2.84. The van der Waals surface area contributed by atoms with Crippen LogP contribution in [0.15, 0.2) is 0 Å². The van der Waals surface area contributed by atoms with Gasteiger partial charge in [-0.05, 0) is 56.5 Å². The van der Waals surface area contributed by atoms with Crippen molar-refractivity contribution in [3.05, 3.63) is 5.28 Å². The van der Waals surface area contributed by atoms with Crippen molar-refractivity contribution < 1.29 is 4.74 Å². The number of piperidine rings is 1. The fourth-order valence-electron chi connectivity index (χ4n) is 2.77. The maximum Gasteiger partial charge on any atom is 0.322 e. The fraction of sp³-hybridized carbons (Fsp3) is 0.769. The van der Waals surface area contributed by atoms with E-state index in [4.69, 9.17) is 16.3 Å². The van der Waals surface area contributed by atoms with Gasteiger partial charge in [0.1, 0.15) is 6.10 Å². The van der Waals surface area contributed by atoms with Crippen LogP contribution in [0.2, 0.25) is 5.28 Å². The van der Waals surface area contributed by atoms with E-state index in [9.17, 15) is 0 Å². The van der Waals surface area contributed by atoms with Gasteiger partial charge in [-0.25, -0.2) is 0 Å². The van der Waals surface area contributed by atoms with Crippen molar-refractivity contribution in [1.82, 2.24) is 15.0 Å². The molecular formula is C13H19ClN4O. The molecule has 0 atom stereocenters. The molecule has 0 N–H and O–H groups in total. The SMILES string of the molecule is Clc1nc(OC2CCCC2)nc(N2CCCCC2)n1. The second-order valence-electron chi connectivity index (χ2n) is 5.26. The molecular weight excluding hydrogens is 264 g/mol. The highest BCUT2D eigenvalue weighted by atomic mass is 35.5. The first kappa shape index (κ1) is 12.9. The standard InChI is InChI=1S/C13H19ClN4O/c14-11-15-12(18-8-4-1-5-9-18)17-13(16-11)19-10-6-2-3-7-10/h10H,1-9H2. The lowest BCUT2D eigenvalue weighted by atomic mass is 10.1. The van der Waals surface area contributed by atoms with Gasteiger partial charge in [0.2, 0.25) is 11.2 Å². The van der Waals surface area contributed by atoms with Crippen molar-refractivity contribution in [1.29, 1.82) is 0 Å². The van der Waals surface area contributed by atoms with Crippen LogP contribution in [-0.4, -0.2) is 34.1 Å². The van der Waals surface area contributed by atoms with E-state index in [1.165, 1.54) is 32.1 Å². The van der Waals surface area contributed by atoms with Crippen LogP contribution in [-0.2, 0) is 0 Å². The quantitative estimate of drug-likeness (QED) is 0.853. The Labute approximate surface area is 118 Å². The highest BCUT2D eigenvalue weighted by molar-refractivity contribution is 6.28. The lowest BCUT2D eigenvalue weighted by molar-refractivity contribution is 0.191. The molecule has 1 saturated carbocycles. The summed E-state index contributed by atoms with van der Waals surface area (Å²) < 4.78 is 5.81. The van der Waals surface area contributed by atoms with Gasteiger partial charge in [0.25, 0.3) is 0 Å². The molecule has 6 heteroatoms. The Balaban J connectivity index is 1.74. The summed E-state index contributed by atoms with van der Waals surface area (Å²) in [6.07, 6.45) is 8.51. The van der Waals surface area contributed by atoms with Gasteiger partial charge in [-0.2, -0.15) is 15.0 Å². The molecule has 2 fully saturated rings. The Kier molecular flexibility index (Phi) is 4.01. The summed E-state index contributed by atoms with van der Waals surface area (Å²) in [7, 11) is 0. The zero-order valence-electron chi connectivity index (χ0n) is 11.0. The number of anilines is 1. The van der Waals surface area contributed by atoms with Gasteiger partial charge in [0, 0.05) is 13.1 Å². The fourth-order valence-corrected chi connectivity index (χ4v) is 2.91. The van der Waals surface area contributed by atoms with Crippen molar-refractivity contribution in [2.45, 2.75) is 51.0 Å². The molecule has 1 aromatic rings.